The fraction of sp³-hybridized carbons (Fsp3) is 0.545. The second kappa shape index (κ2) is 9.67. The van der Waals surface area contributed by atoms with Crippen molar-refractivity contribution in [1.82, 2.24) is 20.1 Å². The Kier molecular flexibility index (Phi) is 6.74. The smallest absolute Gasteiger partial charge is 0.325 e. The lowest BCUT2D eigenvalue weighted by Crippen LogP contribution is -2.51. The average Bonchev–Trinajstić information content (AvgIpc) is 3.43. The minimum absolute atomic E-state index is 0.0116. The highest BCUT2D eigenvalue weighted by atomic mass is 16.5. The topological polar surface area (TPSA) is 107 Å². The summed E-state index contributed by atoms with van der Waals surface area (Å²) in [5.41, 5.74) is 1.60. The van der Waals surface area contributed by atoms with Crippen LogP contribution in [0.25, 0.3) is 10.9 Å². The van der Waals surface area contributed by atoms with E-state index < -0.39 is 12.0 Å². The summed E-state index contributed by atoms with van der Waals surface area (Å²) in [5.74, 6) is -0.203. The number of aliphatic carboxylic acids is 1. The van der Waals surface area contributed by atoms with Crippen LogP contribution in [0.2, 0.25) is 0 Å². The Morgan fingerprint density at radius 1 is 1.32 bits per heavy atom. The number of hydrogen-bond donors (Lipinski definition) is 3. The van der Waals surface area contributed by atoms with Gasteiger partial charge in [0.1, 0.15) is 11.8 Å². The number of fused-ring (bicyclic) bond motifs is 1. The number of amides is 1. The van der Waals surface area contributed by atoms with Gasteiger partial charge in [-0.25, -0.2) is 0 Å². The third kappa shape index (κ3) is 5.00. The Morgan fingerprint density at radius 3 is 2.81 bits per heavy atom. The first-order valence-corrected chi connectivity index (χ1v) is 10.8. The minimum atomic E-state index is -0.883. The first-order valence-electron chi connectivity index (χ1n) is 10.8. The molecule has 168 valence electrons. The molecule has 0 bridgehead atoms. The lowest BCUT2D eigenvalue weighted by molar-refractivity contribution is -0.144. The van der Waals surface area contributed by atoms with Crippen molar-refractivity contribution in [3.8, 4) is 5.75 Å². The van der Waals surface area contributed by atoms with Gasteiger partial charge in [-0.05, 0) is 31.0 Å². The fourth-order valence-corrected chi connectivity index (χ4v) is 4.43. The number of aromatic nitrogens is 1. The van der Waals surface area contributed by atoms with Crippen molar-refractivity contribution in [2.24, 2.45) is 0 Å². The number of carbonyl (C=O) groups is 2. The van der Waals surface area contributed by atoms with Crippen LogP contribution in [-0.4, -0.2) is 90.9 Å². The molecule has 0 aliphatic carbocycles. The number of rotatable bonds is 8. The molecule has 0 unspecified atom stereocenters. The fourth-order valence-electron chi connectivity index (χ4n) is 4.43. The highest BCUT2D eigenvalue weighted by molar-refractivity contribution is 5.90. The maximum absolute atomic E-state index is 12.3. The van der Waals surface area contributed by atoms with Crippen molar-refractivity contribution in [3.05, 3.63) is 30.0 Å². The van der Waals surface area contributed by atoms with Crippen molar-refractivity contribution in [2.45, 2.75) is 25.0 Å². The van der Waals surface area contributed by atoms with Crippen molar-refractivity contribution >= 4 is 22.8 Å². The molecule has 2 saturated heterocycles. The summed E-state index contributed by atoms with van der Waals surface area (Å²) in [6.45, 7) is 4.09. The summed E-state index contributed by atoms with van der Waals surface area (Å²) in [4.78, 5) is 31.6. The molecule has 2 atom stereocenters. The van der Waals surface area contributed by atoms with Gasteiger partial charge in [0.2, 0.25) is 5.91 Å². The van der Waals surface area contributed by atoms with Crippen molar-refractivity contribution in [3.63, 3.8) is 0 Å². The third-order valence-electron chi connectivity index (χ3n) is 6.14. The number of hydrogen-bond acceptors (Lipinski definition) is 6. The third-order valence-corrected chi connectivity index (χ3v) is 6.14. The molecular formula is C22H30N4O5. The average molecular weight is 431 g/mol. The van der Waals surface area contributed by atoms with Crippen LogP contribution in [-0.2, 0) is 14.3 Å². The summed E-state index contributed by atoms with van der Waals surface area (Å²) >= 11 is 0. The summed E-state index contributed by atoms with van der Waals surface area (Å²) < 4.78 is 10.8. The first kappa shape index (κ1) is 21.6. The maximum atomic E-state index is 12.3. The van der Waals surface area contributed by atoms with Gasteiger partial charge >= 0.3 is 5.97 Å². The van der Waals surface area contributed by atoms with E-state index in [1.807, 2.05) is 23.1 Å². The van der Waals surface area contributed by atoms with E-state index in [4.69, 9.17) is 9.47 Å². The van der Waals surface area contributed by atoms with E-state index in [-0.39, 0.29) is 12.0 Å². The monoisotopic (exact) mass is 430 g/mol. The van der Waals surface area contributed by atoms with E-state index in [2.05, 4.69) is 15.2 Å². The van der Waals surface area contributed by atoms with Gasteiger partial charge in [-0.3, -0.25) is 19.4 Å². The summed E-state index contributed by atoms with van der Waals surface area (Å²) in [7, 11) is 1.60. The SMILES string of the molecule is COc1ccc2[nH]cc([C@@H](C(=O)O)N3CCN(CC(=O)NC[C@H]4CCCO4)CC3)c2c1. The van der Waals surface area contributed by atoms with Crippen LogP contribution in [0.3, 0.4) is 0 Å². The first-order chi connectivity index (χ1) is 15.0. The Hall–Kier alpha value is -2.62. The van der Waals surface area contributed by atoms with E-state index >= 15 is 0 Å². The van der Waals surface area contributed by atoms with Crippen molar-refractivity contribution in [2.75, 3.05) is 53.0 Å². The molecule has 2 fully saturated rings. The molecule has 0 saturated carbocycles. The van der Waals surface area contributed by atoms with Crippen LogP contribution in [0.5, 0.6) is 5.75 Å². The molecule has 2 aliphatic rings. The highest BCUT2D eigenvalue weighted by Gasteiger charge is 2.32. The summed E-state index contributed by atoms with van der Waals surface area (Å²) in [5, 5.41) is 13.8. The number of nitrogens with one attached hydrogen (secondary N) is 2. The van der Waals surface area contributed by atoms with Crippen LogP contribution in [0, 0.1) is 0 Å². The number of piperazine rings is 1. The molecule has 3 N–H and O–H groups in total. The molecule has 2 aromatic rings. The second-order valence-corrected chi connectivity index (χ2v) is 8.15. The number of carboxylic acids is 1. The highest BCUT2D eigenvalue weighted by Crippen LogP contribution is 2.31. The van der Waals surface area contributed by atoms with Crippen LogP contribution in [0.15, 0.2) is 24.4 Å². The number of H-pyrrole nitrogens is 1. The Bertz CT molecular complexity index is 916. The van der Waals surface area contributed by atoms with Gasteiger partial charge < -0.3 is 24.9 Å². The molecule has 31 heavy (non-hydrogen) atoms. The number of aromatic amines is 1. The molecule has 0 radical (unpaired) electrons. The molecule has 9 heteroatoms. The molecule has 1 aromatic heterocycles. The van der Waals surface area contributed by atoms with Gasteiger partial charge in [-0.1, -0.05) is 0 Å². The molecule has 0 spiro atoms. The number of nitrogens with zero attached hydrogens (tertiary/aromatic N) is 2. The van der Waals surface area contributed by atoms with Gasteiger partial charge in [-0.2, -0.15) is 0 Å². The molecule has 9 nitrogen and oxygen atoms in total. The lowest BCUT2D eigenvalue weighted by atomic mass is 10.0. The minimum Gasteiger partial charge on any atom is -0.497 e. The molecule has 1 aromatic carbocycles. The van der Waals surface area contributed by atoms with Crippen LogP contribution >= 0.6 is 0 Å². The Labute approximate surface area is 181 Å². The van der Waals surface area contributed by atoms with Crippen LogP contribution < -0.4 is 10.1 Å². The lowest BCUT2D eigenvalue weighted by Gasteiger charge is -2.37. The van der Waals surface area contributed by atoms with E-state index in [0.717, 1.165) is 35.9 Å². The standard InChI is InChI=1S/C22H30N4O5/c1-30-15-4-5-19-17(11-15)18(13-23-19)21(22(28)29)26-8-6-25(7-9-26)14-20(27)24-12-16-3-2-10-31-16/h4-5,11,13,16,21,23H,2-3,6-10,12,14H2,1H3,(H,24,27)(H,28,29)/t16-,21+/m1/s1. The Morgan fingerprint density at radius 2 is 2.13 bits per heavy atom. The summed E-state index contributed by atoms with van der Waals surface area (Å²) in [6, 6.07) is 4.85. The molecule has 4 rings (SSSR count). The zero-order valence-electron chi connectivity index (χ0n) is 17.8. The number of benzene rings is 1. The quantitative estimate of drug-likeness (QED) is 0.578. The second-order valence-electron chi connectivity index (χ2n) is 8.15. The predicted octanol–water partition coefficient (Wildman–Crippen LogP) is 1.22. The molecule has 2 aliphatic heterocycles. The van der Waals surface area contributed by atoms with Crippen LogP contribution in [0.4, 0.5) is 0 Å². The molecular weight excluding hydrogens is 400 g/mol. The van der Waals surface area contributed by atoms with Gasteiger partial charge in [0.25, 0.3) is 0 Å². The molecule has 3 heterocycles. The van der Waals surface area contributed by atoms with E-state index in [1.165, 1.54) is 0 Å². The van der Waals surface area contributed by atoms with Gasteiger partial charge in [-0.15, -0.1) is 0 Å². The predicted molar refractivity (Wildman–Crippen MR) is 115 cm³/mol. The molecule has 1 amide bonds. The maximum Gasteiger partial charge on any atom is 0.325 e. The largest absolute Gasteiger partial charge is 0.497 e. The number of methoxy groups -OCH3 is 1. The summed E-state index contributed by atoms with van der Waals surface area (Å²) in [6.07, 6.45) is 3.95. The Balaban J connectivity index is 1.36. The zero-order chi connectivity index (χ0) is 21.8. The van der Waals surface area contributed by atoms with Gasteiger partial charge in [0.05, 0.1) is 19.8 Å². The number of carbonyl (C=O) groups excluding carboxylic acids is 1. The van der Waals surface area contributed by atoms with E-state index in [9.17, 15) is 14.7 Å². The number of ether oxygens (including phenoxy) is 2. The van der Waals surface area contributed by atoms with E-state index in [1.54, 1.807) is 13.3 Å². The van der Waals surface area contributed by atoms with Gasteiger partial charge in [0.15, 0.2) is 0 Å². The van der Waals surface area contributed by atoms with Crippen molar-refractivity contribution in [1.29, 1.82) is 0 Å². The normalized spacial score (nSPS) is 21.3. The number of carboxylic acid groups (broad SMARTS) is 1. The van der Waals surface area contributed by atoms with Crippen molar-refractivity contribution < 1.29 is 24.2 Å². The van der Waals surface area contributed by atoms with Crippen LogP contribution in [0.1, 0.15) is 24.4 Å². The van der Waals surface area contributed by atoms with E-state index in [0.29, 0.717) is 45.0 Å². The zero-order valence-corrected chi connectivity index (χ0v) is 17.8. The van der Waals surface area contributed by atoms with Gasteiger partial charge in [0, 0.05) is 62.0 Å².